The highest BCUT2D eigenvalue weighted by atomic mass is 32.2. The Hall–Kier alpha value is -2.59. The summed E-state index contributed by atoms with van der Waals surface area (Å²) in [6.07, 6.45) is -4.67. The number of amides is 1. The molecule has 0 aliphatic carbocycles. The van der Waals surface area contributed by atoms with Crippen molar-refractivity contribution in [3.63, 3.8) is 0 Å². The number of halogens is 3. The Morgan fingerprint density at radius 2 is 1.71 bits per heavy atom. The van der Waals surface area contributed by atoms with Crippen molar-refractivity contribution in [2.24, 2.45) is 0 Å². The average molecular weight is 414 g/mol. The zero-order valence-corrected chi connectivity index (χ0v) is 15.4. The van der Waals surface area contributed by atoms with Crippen LogP contribution in [0.2, 0.25) is 0 Å². The van der Waals surface area contributed by atoms with E-state index in [9.17, 15) is 26.4 Å². The molecule has 1 amide bonds. The topological polar surface area (TPSA) is 75.7 Å². The Labute approximate surface area is 160 Å². The fourth-order valence-electron chi connectivity index (χ4n) is 2.74. The van der Waals surface area contributed by atoms with Gasteiger partial charge in [-0.25, -0.2) is 8.42 Å². The van der Waals surface area contributed by atoms with Crippen LogP contribution in [0.25, 0.3) is 0 Å². The van der Waals surface area contributed by atoms with Crippen molar-refractivity contribution in [1.82, 2.24) is 4.90 Å². The van der Waals surface area contributed by atoms with Crippen LogP contribution in [0.1, 0.15) is 15.9 Å². The van der Waals surface area contributed by atoms with Gasteiger partial charge in [0.05, 0.1) is 34.9 Å². The highest BCUT2D eigenvalue weighted by Crippen LogP contribution is 2.31. The van der Waals surface area contributed by atoms with Gasteiger partial charge in [-0.15, -0.1) is 0 Å². The number of sulfonamides is 1. The van der Waals surface area contributed by atoms with E-state index < -0.39 is 26.7 Å². The van der Waals surface area contributed by atoms with Gasteiger partial charge < -0.3 is 9.64 Å². The third-order valence-electron chi connectivity index (χ3n) is 4.17. The Morgan fingerprint density at radius 1 is 1.04 bits per heavy atom. The number of nitrogens with zero attached hydrogens (tertiary/aromatic N) is 1. The lowest BCUT2D eigenvalue weighted by atomic mass is 10.1. The number of ether oxygens (including phenoxy) is 1. The zero-order valence-electron chi connectivity index (χ0n) is 14.6. The minimum atomic E-state index is -4.67. The second-order valence-electron chi connectivity index (χ2n) is 6.08. The molecule has 1 saturated heterocycles. The van der Waals surface area contributed by atoms with E-state index in [-0.39, 0.29) is 17.2 Å². The summed E-state index contributed by atoms with van der Waals surface area (Å²) >= 11 is 0. The maximum absolute atomic E-state index is 12.9. The molecule has 2 aromatic carbocycles. The first kappa shape index (κ1) is 20.2. The van der Waals surface area contributed by atoms with E-state index in [0.717, 1.165) is 18.2 Å². The number of hydrogen-bond donors (Lipinski definition) is 1. The molecule has 1 aliphatic heterocycles. The number of carbonyl (C=O) groups is 1. The average Bonchev–Trinajstić information content (AvgIpc) is 2.68. The van der Waals surface area contributed by atoms with Crippen LogP contribution in [0, 0.1) is 0 Å². The van der Waals surface area contributed by atoms with Crippen LogP contribution < -0.4 is 4.72 Å². The summed E-state index contributed by atoms with van der Waals surface area (Å²) in [5.41, 5.74) is -0.968. The predicted octanol–water partition coefficient (Wildman–Crippen LogP) is 2.98. The van der Waals surface area contributed by atoms with E-state index in [0.29, 0.717) is 32.4 Å². The largest absolute Gasteiger partial charge is 0.416 e. The number of alkyl halides is 3. The zero-order chi connectivity index (χ0) is 20.4. The summed E-state index contributed by atoms with van der Waals surface area (Å²) in [5.74, 6) is -0.384. The lowest BCUT2D eigenvalue weighted by Crippen LogP contribution is -2.41. The van der Waals surface area contributed by atoms with Gasteiger partial charge in [-0.05, 0) is 30.3 Å². The van der Waals surface area contributed by atoms with E-state index in [1.165, 1.54) is 23.1 Å². The van der Waals surface area contributed by atoms with Gasteiger partial charge in [-0.2, -0.15) is 13.2 Å². The van der Waals surface area contributed by atoms with Crippen molar-refractivity contribution >= 4 is 21.6 Å². The summed E-state index contributed by atoms with van der Waals surface area (Å²) in [6, 6.07) is 9.37. The molecule has 3 rings (SSSR count). The highest BCUT2D eigenvalue weighted by Gasteiger charge is 2.32. The molecule has 1 heterocycles. The number of carbonyl (C=O) groups excluding carboxylic acids is 1. The number of morpholine rings is 1. The predicted molar refractivity (Wildman–Crippen MR) is 95.4 cm³/mol. The van der Waals surface area contributed by atoms with E-state index in [1.54, 1.807) is 6.07 Å². The highest BCUT2D eigenvalue weighted by molar-refractivity contribution is 7.92. The van der Waals surface area contributed by atoms with Gasteiger partial charge in [0.15, 0.2) is 0 Å². The summed E-state index contributed by atoms with van der Waals surface area (Å²) in [7, 11) is -4.33. The molecular formula is C18H17F3N2O4S. The van der Waals surface area contributed by atoms with Crippen LogP contribution >= 0.6 is 0 Å². The molecule has 10 heteroatoms. The van der Waals surface area contributed by atoms with E-state index in [2.05, 4.69) is 4.72 Å². The minimum absolute atomic E-state index is 0.00333. The molecule has 1 N–H and O–H groups in total. The van der Waals surface area contributed by atoms with Gasteiger partial charge in [-0.3, -0.25) is 9.52 Å². The number of nitrogens with one attached hydrogen (secondary N) is 1. The fourth-order valence-corrected chi connectivity index (χ4v) is 3.86. The molecule has 1 fully saturated rings. The van der Waals surface area contributed by atoms with Crippen LogP contribution in [-0.4, -0.2) is 45.5 Å². The van der Waals surface area contributed by atoms with E-state index in [1.807, 2.05) is 0 Å². The smallest absolute Gasteiger partial charge is 0.378 e. The summed E-state index contributed by atoms with van der Waals surface area (Å²) in [5, 5.41) is 0. The van der Waals surface area contributed by atoms with Gasteiger partial charge in [0.2, 0.25) is 0 Å². The summed E-state index contributed by atoms with van der Waals surface area (Å²) in [4.78, 5) is 13.7. The third-order valence-corrected chi connectivity index (χ3v) is 5.53. The second kappa shape index (κ2) is 7.80. The third kappa shape index (κ3) is 4.45. The molecule has 0 atom stereocenters. The van der Waals surface area contributed by atoms with E-state index >= 15 is 0 Å². The van der Waals surface area contributed by atoms with Gasteiger partial charge in [0.25, 0.3) is 15.9 Å². The lowest BCUT2D eigenvalue weighted by molar-refractivity contribution is -0.137. The van der Waals surface area contributed by atoms with Crippen LogP contribution in [-0.2, 0) is 20.9 Å². The van der Waals surface area contributed by atoms with Crippen molar-refractivity contribution < 1.29 is 31.1 Å². The van der Waals surface area contributed by atoms with Gasteiger partial charge >= 0.3 is 6.18 Å². The molecule has 6 nitrogen and oxygen atoms in total. The fraction of sp³-hybridized carbons (Fsp3) is 0.278. The van der Waals surface area contributed by atoms with Crippen LogP contribution in [0.15, 0.2) is 53.4 Å². The van der Waals surface area contributed by atoms with E-state index in [4.69, 9.17) is 4.74 Å². The van der Waals surface area contributed by atoms with Crippen molar-refractivity contribution in [2.45, 2.75) is 11.1 Å². The maximum atomic E-state index is 12.9. The van der Waals surface area contributed by atoms with Crippen molar-refractivity contribution in [2.75, 3.05) is 31.0 Å². The van der Waals surface area contributed by atoms with Crippen LogP contribution in [0.3, 0.4) is 0 Å². The first-order valence-electron chi connectivity index (χ1n) is 8.34. The molecule has 1 aliphatic rings. The number of hydrogen-bond acceptors (Lipinski definition) is 4. The molecule has 150 valence electrons. The molecule has 0 radical (unpaired) electrons. The van der Waals surface area contributed by atoms with Crippen molar-refractivity contribution in [1.29, 1.82) is 0 Å². The van der Waals surface area contributed by atoms with Crippen molar-refractivity contribution in [3.05, 3.63) is 59.7 Å². The summed E-state index contributed by atoms with van der Waals surface area (Å²) < 4.78 is 71.3. The van der Waals surface area contributed by atoms with Crippen LogP contribution in [0.4, 0.5) is 18.9 Å². The van der Waals surface area contributed by atoms with Crippen LogP contribution in [0.5, 0.6) is 0 Å². The number of para-hydroxylation sites is 1. The quantitative estimate of drug-likeness (QED) is 0.835. The number of rotatable bonds is 4. The molecular weight excluding hydrogens is 397 g/mol. The maximum Gasteiger partial charge on any atom is 0.416 e. The van der Waals surface area contributed by atoms with Gasteiger partial charge in [0.1, 0.15) is 0 Å². The number of benzene rings is 2. The molecule has 2 aromatic rings. The Morgan fingerprint density at radius 3 is 2.39 bits per heavy atom. The minimum Gasteiger partial charge on any atom is -0.378 e. The molecule has 28 heavy (non-hydrogen) atoms. The first-order valence-corrected chi connectivity index (χ1v) is 9.83. The normalized spacial score (nSPS) is 15.3. The lowest BCUT2D eigenvalue weighted by Gasteiger charge is -2.27. The SMILES string of the molecule is O=C(c1ccccc1NS(=O)(=O)c1cccc(C(F)(F)F)c1)N1CCOCC1. The molecule has 0 aromatic heterocycles. The molecule has 0 unspecified atom stereocenters. The second-order valence-corrected chi connectivity index (χ2v) is 7.76. The Kier molecular flexibility index (Phi) is 5.61. The Balaban J connectivity index is 1.90. The van der Waals surface area contributed by atoms with Gasteiger partial charge in [0, 0.05) is 13.1 Å². The number of anilines is 1. The Bertz CT molecular complexity index is 971. The summed E-state index contributed by atoms with van der Waals surface area (Å²) in [6.45, 7) is 1.49. The standard InChI is InChI=1S/C18H17F3N2O4S/c19-18(20,21)13-4-3-5-14(12-13)28(25,26)22-16-7-2-1-6-15(16)17(24)23-8-10-27-11-9-23/h1-7,12,22H,8-11H2. The van der Waals surface area contributed by atoms with Crippen molar-refractivity contribution in [3.8, 4) is 0 Å². The first-order chi connectivity index (χ1) is 13.2. The molecule has 0 spiro atoms. The monoisotopic (exact) mass is 414 g/mol. The molecule has 0 saturated carbocycles. The van der Waals surface area contributed by atoms with Gasteiger partial charge in [-0.1, -0.05) is 18.2 Å². The molecule has 0 bridgehead atoms.